The van der Waals surface area contributed by atoms with Gasteiger partial charge in [-0.3, -0.25) is 14.4 Å². The highest BCUT2D eigenvalue weighted by molar-refractivity contribution is 6.03. The van der Waals surface area contributed by atoms with Crippen molar-refractivity contribution in [2.45, 2.75) is 26.4 Å². The van der Waals surface area contributed by atoms with E-state index < -0.39 is 5.91 Å². The summed E-state index contributed by atoms with van der Waals surface area (Å²) in [5, 5.41) is 11.2. The molecule has 1 heterocycles. The largest absolute Gasteiger partial charge is 0.345 e. The Labute approximate surface area is 191 Å². The molecule has 4 aromatic rings. The fraction of sp³-hybridized carbons (Fsp3) is 0.154. The Morgan fingerprint density at radius 3 is 2.30 bits per heavy atom. The first-order valence-electron chi connectivity index (χ1n) is 10.6. The van der Waals surface area contributed by atoms with Crippen LogP contribution in [0.2, 0.25) is 0 Å². The van der Waals surface area contributed by atoms with Crippen LogP contribution in [0.15, 0.2) is 83.7 Å². The number of amides is 2. The van der Waals surface area contributed by atoms with Gasteiger partial charge in [0.2, 0.25) is 5.91 Å². The number of carbonyl (C=O) groups excluding carboxylic acids is 2. The van der Waals surface area contributed by atoms with Gasteiger partial charge in [-0.1, -0.05) is 60.7 Å². The average Bonchev–Trinajstić information content (AvgIpc) is 2.83. The Balaban J connectivity index is 1.52. The topological polar surface area (TPSA) is 93.1 Å². The van der Waals surface area contributed by atoms with E-state index in [9.17, 15) is 14.4 Å². The molecule has 33 heavy (non-hydrogen) atoms. The fourth-order valence-electron chi connectivity index (χ4n) is 3.73. The molecule has 0 bridgehead atoms. The Hall–Kier alpha value is -4.26. The maximum atomic E-state index is 12.9. The van der Waals surface area contributed by atoms with Crippen LogP contribution in [0.3, 0.4) is 0 Å². The van der Waals surface area contributed by atoms with Crippen molar-refractivity contribution in [1.29, 1.82) is 0 Å². The fourth-order valence-corrected chi connectivity index (χ4v) is 3.73. The SMILES string of the molecule is Cc1nn(CC(=O)Nc2ccccc2C(=O)NC(C)c2ccccc2)c(=O)c2ccccc12. The van der Waals surface area contributed by atoms with Gasteiger partial charge in [0.1, 0.15) is 6.54 Å². The maximum Gasteiger partial charge on any atom is 0.275 e. The summed E-state index contributed by atoms with van der Waals surface area (Å²) in [7, 11) is 0. The molecule has 0 spiro atoms. The highest BCUT2D eigenvalue weighted by atomic mass is 16.2. The Morgan fingerprint density at radius 1 is 0.909 bits per heavy atom. The van der Waals surface area contributed by atoms with Crippen LogP contribution in [0.5, 0.6) is 0 Å². The van der Waals surface area contributed by atoms with Gasteiger partial charge in [0.25, 0.3) is 11.5 Å². The molecule has 2 N–H and O–H groups in total. The Morgan fingerprint density at radius 2 is 1.55 bits per heavy atom. The van der Waals surface area contributed by atoms with Gasteiger partial charge < -0.3 is 10.6 Å². The van der Waals surface area contributed by atoms with Crippen molar-refractivity contribution < 1.29 is 9.59 Å². The number of anilines is 1. The van der Waals surface area contributed by atoms with E-state index in [2.05, 4.69) is 15.7 Å². The molecule has 1 unspecified atom stereocenters. The number of nitrogens with one attached hydrogen (secondary N) is 2. The lowest BCUT2D eigenvalue weighted by Crippen LogP contribution is -2.31. The minimum atomic E-state index is -0.448. The zero-order valence-corrected chi connectivity index (χ0v) is 18.4. The van der Waals surface area contributed by atoms with Gasteiger partial charge in [-0.15, -0.1) is 0 Å². The Kier molecular flexibility index (Phi) is 6.31. The van der Waals surface area contributed by atoms with E-state index in [0.29, 0.717) is 22.3 Å². The normalized spacial score (nSPS) is 11.7. The lowest BCUT2D eigenvalue weighted by atomic mass is 10.1. The van der Waals surface area contributed by atoms with Crippen LogP contribution in [-0.4, -0.2) is 21.6 Å². The lowest BCUT2D eigenvalue weighted by molar-refractivity contribution is -0.117. The van der Waals surface area contributed by atoms with E-state index in [1.807, 2.05) is 49.4 Å². The van der Waals surface area contributed by atoms with Gasteiger partial charge in [0.15, 0.2) is 0 Å². The third kappa shape index (κ3) is 4.82. The molecule has 2 amide bonds. The summed E-state index contributed by atoms with van der Waals surface area (Å²) >= 11 is 0. The summed E-state index contributed by atoms with van der Waals surface area (Å²) in [5.74, 6) is -0.755. The van der Waals surface area contributed by atoms with Gasteiger partial charge in [0.05, 0.1) is 28.4 Å². The number of rotatable bonds is 6. The highest BCUT2D eigenvalue weighted by Gasteiger charge is 2.17. The van der Waals surface area contributed by atoms with E-state index in [4.69, 9.17) is 0 Å². The van der Waals surface area contributed by atoms with E-state index >= 15 is 0 Å². The van der Waals surface area contributed by atoms with Gasteiger partial charge in [-0.05, 0) is 37.6 Å². The molecule has 3 aromatic carbocycles. The zero-order chi connectivity index (χ0) is 23.4. The summed E-state index contributed by atoms with van der Waals surface area (Å²) in [6.07, 6.45) is 0. The van der Waals surface area contributed by atoms with Crippen LogP contribution in [0.1, 0.15) is 34.6 Å². The first-order chi connectivity index (χ1) is 15.9. The zero-order valence-electron chi connectivity index (χ0n) is 18.4. The van der Waals surface area contributed by atoms with Gasteiger partial charge in [-0.2, -0.15) is 5.10 Å². The first-order valence-corrected chi connectivity index (χ1v) is 10.6. The third-order valence-electron chi connectivity index (χ3n) is 5.44. The molecule has 0 fully saturated rings. The van der Waals surface area contributed by atoms with E-state index in [1.165, 1.54) is 0 Å². The molecule has 0 aliphatic carbocycles. The minimum absolute atomic E-state index is 0.203. The second-order valence-corrected chi connectivity index (χ2v) is 7.79. The van der Waals surface area contributed by atoms with Crippen molar-refractivity contribution in [3.63, 3.8) is 0 Å². The summed E-state index contributed by atoms with van der Waals surface area (Å²) in [4.78, 5) is 38.4. The van der Waals surface area contributed by atoms with Crippen LogP contribution in [-0.2, 0) is 11.3 Å². The van der Waals surface area contributed by atoms with Gasteiger partial charge in [0, 0.05) is 5.39 Å². The van der Waals surface area contributed by atoms with Crippen molar-refractivity contribution in [2.24, 2.45) is 0 Å². The van der Waals surface area contributed by atoms with Crippen molar-refractivity contribution in [3.8, 4) is 0 Å². The van der Waals surface area contributed by atoms with Crippen LogP contribution < -0.4 is 16.2 Å². The molecule has 0 saturated heterocycles. The van der Waals surface area contributed by atoms with E-state index in [1.54, 1.807) is 43.3 Å². The standard InChI is InChI=1S/C26H24N4O3/c1-17(19-10-4-3-5-11-19)27-25(32)22-14-8-9-15-23(22)28-24(31)16-30-26(33)21-13-7-6-12-20(21)18(2)29-30/h3-15,17H,16H2,1-2H3,(H,27,32)(H,28,31). The van der Waals surface area contributed by atoms with E-state index in [-0.39, 0.29) is 24.1 Å². The predicted octanol–water partition coefficient (Wildman–Crippen LogP) is 3.83. The number of benzene rings is 3. The monoisotopic (exact) mass is 440 g/mol. The quantitative estimate of drug-likeness (QED) is 0.477. The molecular weight excluding hydrogens is 416 g/mol. The molecule has 0 aliphatic rings. The second-order valence-electron chi connectivity index (χ2n) is 7.79. The number of nitrogens with zero attached hydrogens (tertiary/aromatic N) is 2. The molecular formula is C26H24N4O3. The molecule has 0 radical (unpaired) electrons. The molecule has 0 aliphatic heterocycles. The number of fused-ring (bicyclic) bond motifs is 1. The molecule has 166 valence electrons. The smallest absolute Gasteiger partial charge is 0.275 e. The summed E-state index contributed by atoms with van der Waals surface area (Å²) in [6.45, 7) is 3.43. The minimum Gasteiger partial charge on any atom is -0.345 e. The molecule has 7 nitrogen and oxygen atoms in total. The number of para-hydroxylation sites is 1. The predicted molar refractivity (Wildman–Crippen MR) is 128 cm³/mol. The summed E-state index contributed by atoms with van der Waals surface area (Å²) in [6, 6.07) is 23.3. The Bertz CT molecular complexity index is 1380. The number of hydrogen-bond donors (Lipinski definition) is 2. The summed E-state index contributed by atoms with van der Waals surface area (Å²) < 4.78 is 1.15. The van der Waals surface area contributed by atoms with Crippen molar-refractivity contribution in [3.05, 3.63) is 106 Å². The second kappa shape index (κ2) is 9.48. The van der Waals surface area contributed by atoms with Crippen molar-refractivity contribution >= 4 is 28.3 Å². The van der Waals surface area contributed by atoms with Crippen LogP contribution in [0.4, 0.5) is 5.69 Å². The van der Waals surface area contributed by atoms with Crippen LogP contribution >= 0.6 is 0 Å². The molecule has 0 saturated carbocycles. The summed E-state index contributed by atoms with van der Waals surface area (Å²) in [5.41, 5.74) is 2.00. The van der Waals surface area contributed by atoms with Crippen LogP contribution in [0, 0.1) is 6.92 Å². The van der Waals surface area contributed by atoms with Crippen molar-refractivity contribution in [2.75, 3.05) is 5.32 Å². The molecule has 4 rings (SSSR count). The van der Waals surface area contributed by atoms with E-state index in [0.717, 1.165) is 15.6 Å². The molecule has 1 aromatic heterocycles. The highest BCUT2D eigenvalue weighted by Crippen LogP contribution is 2.18. The van der Waals surface area contributed by atoms with Crippen molar-refractivity contribution in [1.82, 2.24) is 15.1 Å². The first kappa shape index (κ1) is 22.0. The lowest BCUT2D eigenvalue weighted by Gasteiger charge is -2.16. The number of aromatic nitrogens is 2. The molecule has 1 atom stereocenters. The number of carbonyl (C=O) groups is 2. The third-order valence-corrected chi connectivity index (χ3v) is 5.44. The van der Waals surface area contributed by atoms with Gasteiger partial charge >= 0.3 is 0 Å². The maximum absolute atomic E-state index is 12.9. The van der Waals surface area contributed by atoms with Crippen LogP contribution in [0.25, 0.3) is 10.8 Å². The number of aryl methyl sites for hydroxylation is 1. The average molecular weight is 441 g/mol. The number of hydrogen-bond acceptors (Lipinski definition) is 4. The molecule has 7 heteroatoms. The van der Waals surface area contributed by atoms with Gasteiger partial charge in [-0.25, -0.2) is 4.68 Å².